The summed E-state index contributed by atoms with van der Waals surface area (Å²) in [6, 6.07) is 3.45. The zero-order valence-electron chi connectivity index (χ0n) is 9.56. The molecule has 2 heterocycles. The lowest BCUT2D eigenvalue weighted by atomic mass is 10.3. The van der Waals surface area contributed by atoms with E-state index in [4.69, 9.17) is 4.42 Å². The third kappa shape index (κ3) is 2.72. The number of anilines is 1. The number of furan rings is 1. The molecule has 0 saturated carbocycles. The topological polar surface area (TPSA) is 67.2 Å². The third-order valence-corrected chi connectivity index (χ3v) is 3.14. The van der Waals surface area contributed by atoms with Crippen molar-refractivity contribution in [2.75, 3.05) is 12.4 Å². The van der Waals surface area contributed by atoms with Gasteiger partial charge in [0.25, 0.3) is 5.91 Å². The lowest BCUT2D eigenvalue weighted by Gasteiger charge is -2.04. The summed E-state index contributed by atoms with van der Waals surface area (Å²) in [4.78, 5) is 16.0. The summed E-state index contributed by atoms with van der Waals surface area (Å²) in [6.07, 6.45) is 1.46. The number of carbonyl (C=O) groups is 1. The number of hydrogen-bond donors (Lipinski definition) is 2. The Bertz CT molecular complexity index is 493. The maximum absolute atomic E-state index is 11.7. The van der Waals surface area contributed by atoms with Gasteiger partial charge in [-0.1, -0.05) is 0 Å². The number of aromatic nitrogens is 1. The lowest BCUT2D eigenvalue weighted by Crippen LogP contribution is -2.14. The number of nitrogens with zero attached hydrogens (tertiary/aromatic N) is 1. The van der Waals surface area contributed by atoms with E-state index < -0.39 is 0 Å². The van der Waals surface area contributed by atoms with E-state index in [9.17, 15) is 4.79 Å². The van der Waals surface area contributed by atoms with Crippen molar-refractivity contribution in [2.24, 2.45) is 0 Å². The van der Waals surface area contributed by atoms with Gasteiger partial charge in [0.05, 0.1) is 12.0 Å². The van der Waals surface area contributed by atoms with Crippen LogP contribution in [0.2, 0.25) is 0 Å². The zero-order valence-corrected chi connectivity index (χ0v) is 10.4. The molecule has 2 N–H and O–H groups in total. The smallest absolute Gasteiger partial charge is 0.293 e. The van der Waals surface area contributed by atoms with Crippen LogP contribution in [0.1, 0.15) is 29.2 Å². The first kappa shape index (κ1) is 11.8. The molecular weight excluding hydrogens is 238 g/mol. The molecule has 6 heteroatoms. The monoisotopic (exact) mass is 251 g/mol. The van der Waals surface area contributed by atoms with E-state index in [2.05, 4.69) is 15.6 Å². The van der Waals surface area contributed by atoms with Crippen LogP contribution in [0.3, 0.4) is 0 Å². The fourth-order valence-electron chi connectivity index (χ4n) is 1.26. The Labute approximate surface area is 103 Å². The highest BCUT2D eigenvalue weighted by molar-refractivity contribution is 7.14. The molecule has 2 aromatic rings. The van der Waals surface area contributed by atoms with Gasteiger partial charge < -0.3 is 9.73 Å². The number of carbonyl (C=O) groups excluding carboxylic acids is 1. The molecule has 0 aliphatic rings. The quantitative estimate of drug-likeness (QED) is 0.874. The molecule has 17 heavy (non-hydrogen) atoms. The first-order chi connectivity index (χ1) is 8.20. The van der Waals surface area contributed by atoms with E-state index in [1.807, 2.05) is 19.4 Å². The van der Waals surface area contributed by atoms with E-state index in [0.717, 1.165) is 5.69 Å². The Kier molecular flexibility index (Phi) is 3.55. The second-order valence-corrected chi connectivity index (χ2v) is 4.38. The largest absolute Gasteiger partial charge is 0.459 e. The minimum absolute atomic E-state index is 0.167. The first-order valence-electron chi connectivity index (χ1n) is 5.18. The average Bonchev–Trinajstić information content (AvgIpc) is 2.98. The number of thiazole rings is 1. The summed E-state index contributed by atoms with van der Waals surface area (Å²) in [7, 11) is 1.87. The van der Waals surface area contributed by atoms with Gasteiger partial charge in [0.2, 0.25) is 0 Å². The molecule has 0 radical (unpaired) electrons. The maximum Gasteiger partial charge on any atom is 0.293 e. The van der Waals surface area contributed by atoms with Gasteiger partial charge in [0.1, 0.15) is 0 Å². The van der Waals surface area contributed by atoms with Crippen LogP contribution in [0.5, 0.6) is 0 Å². The van der Waals surface area contributed by atoms with E-state index in [1.54, 1.807) is 12.1 Å². The molecular formula is C11H13N3O2S. The highest BCUT2D eigenvalue weighted by Gasteiger charge is 2.12. The third-order valence-electron chi connectivity index (χ3n) is 2.36. The van der Waals surface area contributed by atoms with Crippen LogP contribution in [0.4, 0.5) is 5.13 Å². The molecule has 0 fully saturated rings. The van der Waals surface area contributed by atoms with E-state index in [-0.39, 0.29) is 17.7 Å². The zero-order chi connectivity index (χ0) is 12.3. The molecule has 1 unspecified atom stereocenters. The van der Waals surface area contributed by atoms with Gasteiger partial charge in [-0.05, 0) is 26.1 Å². The summed E-state index contributed by atoms with van der Waals surface area (Å²) < 4.78 is 5.00. The molecule has 90 valence electrons. The number of nitrogens with one attached hydrogen (secondary N) is 2. The molecule has 0 bridgehead atoms. The molecule has 1 amide bonds. The predicted molar refractivity (Wildman–Crippen MR) is 66.2 cm³/mol. The normalized spacial score (nSPS) is 12.4. The lowest BCUT2D eigenvalue weighted by molar-refractivity contribution is 0.0996. The van der Waals surface area contributed by atoms with Crippen molar-refractivity contribution in [3.8, 4) is 0 Å². The molecule has 2 rings (SSSR count). The highest BCUT2D eigenvalue weighted by Crippen LogP contribution is 2.20. The minimum Gasteiger partial charge on any atom is -0.459 e. The van der Waals surface area contributed by atoms with Crippen LogP contribution in [0, 0.1) is 0 Å². The molecule has 2 aromatic heterocycles. The molecule has 0 saturated heterocycles. The summed E-state index contributed by atoms with van der Waals surface area (Å²) >= 11 is 1.39. The van der Waals surface area contributed by atoms with Gasteiger partial charge in [-0.2, -0.15) is 0 Å². The summed E-state index contributed by atoms with van der Waals surface area (Å²) in [5, 5.41) is 8.27. The van der Waals surface area contributed by atoms with Crippen LogP contribution in [0.15, 0.2) is 28.2 Å². The maximum atomic E-state index is 11.7. The molecule has 5 nitrogen and oxygen atoms in total. The SMILES string of the molecule is CNC(C)c1csc(NC(=O)c2ccco2)n1. The average molecular weight is 251 g/mol. The van der Waals surface area contributed by atoms with Crippen LogP contribution in [-0.2, 0) is 0 Å². The second kappa shape index (κ2) is 5.11. The highest BCUT2D eigenvalue weighted by atomic mass is 32.1. The van der Waals surface area contributed by atoms with E-state index >= 15 is 0 Å². The second-order valence-electron chi connectivity index (χ2n) is 3.52. The molecule has 1 atom stereocenters. The van der Waals surface area contributed by atoms with Gasteiger partial charge in [0.15, 0.2) is 10.9 Å². The Balaban J connectivity index is 2.04. The van der Waals surface area contributed by atoms with Crippen molar-refractivity contribution in [1.82, 2.24) is 10.3 Å². The van der Waals surface area contributed by atoms with Crippen molar-refractivity contribution in [2.45, 2.75) is 13.0 Å². The van der Waals surface area contributed by atoms with Gasteiger partial charge in [-0.25, -0.2) is 4.98 Å². The minimum atomic E-state index is -0.284. The van der Waals surface area contributed by atoms with Gasteiger partial charge in [-0.15, -0.1) is 11.3 Å². The van der Waals surface area contributed by atoms with Gasteiger partial charge >= 0.3 is 0 Å². The summed E-state index contributed by atoms with van der Waals surface area (Å²) in [5.41, 5.74) is 0.909. The Morgan fingerprint density at radius 1 is 1.59 bits per heavy atom. The van der Waals surface area contributed by atoms with Gasteiger partial charge in [-0.3, -0.25) is 10.1 Å². The van der Waals surface area contributed by atoms with Crippen LogP contribution < -0.4 is 10.6 Å². The molecule has 0 aliphatic carbocycles. The van der Waals surface area contributed by atoms with Crippen LogP contribution >= 0.6 is 11.3 Å². The summed E-state index contributed by atoms with van der Waals surface area (Å²) in [5.74, 6) is -0.00331. The van der Waals surface area contributed by atoms with Crippen molar-refractivity contribution in [3.63, 3.8) is 0 Å². The summed E-state index contributed by atoms with van der Waals surface area (Å²) in [6.45, 7) is 2.01. The number of rotatable bonds is 4. The molecule has 0 aliphatic heterocycles. The van der Waals surface area contributed by atoms with Crippen LogP contribution in [0.25, 0.3) is 0 Å². The Hall–Kier alpha value is -1.66. The van der Waals surface area contributed by atoms with Crippen molar-refractivity contribution in [1.29, 1.82) is 0 Å². The fourth-order valence-corrected chi connectivity index (χ4v) is 2.06. The van der Waals surface area contributed by atoms with E-state index in [0.29, 0.717) is 5.13 Å². The molecule has 0 spiro atoms. The standard InChI is InChI=1S/C11H13N3O2S/c1-7(12-2)8-6-17-11(13-8)14-10(15)9-4-3-5-16-9/h3-7,12H,1-2H3,(H,13,14,15). The van der Waals surface area contributed by atoms with Crippen LogP contribution in [-0.4, -0.2) is 17.9 Å². The first-order valence-corrected chi connectivity index (χ1v) is 6.06. The van der Waals surface area contributed by atoms with Gasteiger partial charge in [0, 0.05) is 11.4 Å². The van der Waals surface area contributed by atoms with Crippen molar-refractivity contribution >= 4 is 22.4 Å². The van der Waals surface area contributed by atoms with Crippen molar-refractivity contribution < 1.29 is 9.21 Å². The predicted octanol–water partition coefficient (Wildman–Crippen LogP) is 2.27. The number of amides is 1. The van der Waals surface area contributed by atoms with Crippen molar-refractivity contribution in [3.05, 3.63) is 35.2 Å². The Morgan fingerprint density at radius 3 is 3.06 bits per heavy atom. The fraction of sp³-hybridized carbons (Fsp3) is 0.273. The van der Waals surface area contributed by atoms with E-state index in [1.165, 1.54) is 17.6 Å². The number of hydrogen-bond acceptors (Lipinski definition) is 5. The molecule has 0 aromatic carbocycles. The Morgan fingerprint density at radius 2 is 2.41 bits per heavy atom.